The third kappa shape index (κ3) is 1.81. The van der Waals surface area contributed by atoms with E-state index in [-0.39, 0.29) is 11.1 Å². The van der Waals surface area contributed by atoms with E-state index in [9.17, 15) is 9.59 Å². The van der Waals surface area contributed by atoms with Crippen LogP contribution in [0.25, 0.3) is 0 Å². The number of carbonyl (C=O) groups excluding carboxylic acids is 2. The minimum absolute atomic E-state index is 0.256. The normalized spacial score (nSPS) is 13.5. The van der Waals surface area contributed by atoms with E-state index in [4.69, 9.17) is 18.1 Å². The number of hydrazine groups is 1. The highest BCUT2D eigenvalue weighted by molar-refractivity contribution is 7.80. The van der Waals surface area contributed by atoms with Gasteiger partial charge in [-0.25, -0.2) is 10.9 Å². The number of carbonyl (C=O) groups is 2. The molecule has 0 fully saturated rings. The first-order valence-corrected chi connectivity index (χ1v) is 5.64. The second-order valence-electron chi connectivity index (χ2n) is 3.71. The van der Waals surface area contributed by atoms with Gasteiger partial charge >= 0.3 is 0 Å². The number of nitrogens with two attached hydrogens (primary N) is 1. The predicted molar refractivity (Wildman–Crippen MR) is 71.0 cm³/mol. The molecule has 0 unspecified atom stereocenters. The van der Waals surface area contributed by atoms with Gasteiger partial charge in [0.1, 0.15) is 4.99 Å². The average molecular weight is 261 g/mol. The molecule has 1 aromatic carbocycles. The van der Waals surface area contributed by atoms with Crippen LogP contribution in [0.2, 0.25) is 0 Å². The average Bonchev–Trinajstić information content (AvgIpc) is 2.61. The van der Waals surface area contributed by atoms with Crippen molar-refractivity contribution in [1.29, 1.82) is 0 Å². The molecule has 18 heavy (non-hydrogen) atoms. The van der Waals surface area contributed by atoms with Crippen molar-refractivity contribution in [3.63, 3.8) is 0 Å². The van der Waals surface area contributed by atoms with Crippen LogP contribution in [0.5, 0.6) is 0 Å². The Balaban J connectivity index is 2.47. The zero-order valence-electron chi connectivity index (χ0n) is 9.47. The van der Waals surface area contributed by atoms with Gasteiger partial charge in [-0.3, -0.25) is 9.59 Å². The van der Waals surface area contributed by atoms with Crippen LogP contribution >= 0.6 is 12.2 Å². The quantitative estimate of drug-likeness (QED) is 0.274. The molecule has 92 valence electrons. The van der Waals surface area contributed by atoms with Crippen molar-refractivity contribution in [3.05, 3.63) is 47.5 Å². The van der Waals surface area contributed by atoms with E-state index in [1.165, 1.54) is 0 Å². The lowest BCUT2D eigenvalue weighted by molar-refractivity contribution is 0.0654. The Kier molecular flexibility index (Phi) is 3.22. The predicted octanol–water partition coefficient (Wildman–Crippen LogP) is 0.607. The van der Waals surface area contributed by atoms with E-state index in [2.05, 4.69) is 11.9 Å². The fourth-order valence-electron chi connectivity index (χ4n) is 1.75. The highest BCUT2D eigenvalue weighted by atomic mass is 32.1. The first-order chi connectivity index (χ1) is 8.57. The van der Waals surface area contributed by atoms with Gasteiger partial charge in [-0.05, 0) is 6.07 Å². The van der Waals surface area contributed by atoms with Crippen LogP contribution in [0.3, 0.4) is 0 Å². The third-order valence-electron chi connectivity index (χ3n) is 2.60. The van der Waals surface area contributed by atoms with Crippen molar-refractivity contribution < 1.29 is 9.59 Å². The largest absolute Gasteiger partial charge is 0.372 e. The lowest BCUT2D eigenvalue weighted by Crippen LogP contribution is -2.36. The number of thiocarbonyl (C=S) groups is 1. The van der Waals surface area contributed by atoms with Gasteiger partial charge in [0.25, 0.3) is 11.8 Å². The van der Waals surface area contributed by atoms with Crippen LogP contribution in [-0.2, 0) is 0 Å². The summed E-state index contributed by atoms with van der Waals surface area (Å²) < 4.78 is 0. The van der Waals surface area contributed by atoms with Crippen LogP contribution in [0, 0.1) is 0 Å². The fourth-order valence-corrected chi connectivity index (χ4v) is 2.01. The van der Waals surface area contributed by atoms with E-state index < -0.39 is 11.8 Å². The number of amides is 2. The van der Waals surface area contributed by atoms with Crippen LogP contribution in [-0.4, -0.2) is 28.4 Å². The molecule has 0 radical (unpaired) electrons. The first kappa shape index (κ1) is 12.4. The molecule has 0 spiro atoms. The molecule has 2 amide bonds. The van der Waals surface area contributed by atoms with Crippen molar-refractivity contribution in [1.82, 2.24) is 10.3 Å². The summed E-state index contributed by atoms with van der Waals surface area (Å²) in [6.07, 6.45) is 1.65. The SMILES string of the molecule is C=CCNC(=S)c1cccc2c1C(=O)N(N)C2=O. The van der Waals surface area contributed by atoms with Gasteiger partial charge in [-0.1, -0.05) is 30.4 Å². The Bertz CT molecular complexity index is 568. The van der Waals surface area contributed by atoms with Crippen molar-refractivity contribution in [3.8, 4) is 0 Å². The molecule has 0 aliphatic carbocycles. The number of nitrogens with zero attached hydrogens (tertiary/aromatic N) is 1. The van der Waals surface area contributed by atoms with Gasteiger partial charge in [-0.15, -0.1) is 6.58 Å². The van der Waals surface area contributed by atoms with Crippen molar-refractivity contribution in [2.24, 2.45) is 5.84 Å². The van der Waals surface area contributed by atoms with E-state index >= 15 is 0 Å². The molecule has 1 aliphatic heterocycles. The zero-order chi connectivity index (χ0) is 13.3. The highest BCUT2D eigenvalue weighted by Crippen LogP contribution is 2.24. The Morgan fingerprint density at radius 1 is 1.44 bits per heavy atom. The number of hydrogen-bond acceptors (Lipinski definition) is 4. The van der Waals surface area contributed by atoms with E-state index in [1.54, 1.807) is 24.3 Å². The summed E-state index contributed by atoms with van der Waals surface area (Å²) in [4.78, 5) is 24.0. The molecule has 1 aliphatic rings. The van der Waals surface area contributed by atoms with Crippen molar-refractivity contribution >= 4 is 29.0 Å². The molecule has 3 N–H and O–H groups in total. The summed E-state index contributed by atoms with van der Waals surface area (Å²) in [6, 6.07) is 4.91. The summed E-state index contributed by atoms with van der Waals surface area (Å²) >= 11 is 5.18. The highest BCUT2D eigenvalue weighted by Gasteiger charge is 2.36. The molecule has 5 nitrogen and oxygen atoms in total. The summed E-state index contributed by atoms with van der Waals surface area (Å²) in [5.41, 5.74) is 1.05. The fraction of sp³-hybridized carbons (Fsp3) is 0.0833. The first-order valence-electron chi connectivity index (χ1n) is 5.23. The molecule has 1 heterocycles. The molecular formula is C12H11N3O2S. The second-order valence-corrected chi connectivity index (χ2v) is 4.12. The van der Waals surface area contributed by atoms with E-state index in [0.29, 0.717) is 22.1 Å². The van der Waals surface area contributed by atoms with Crippen LogP contribution < -0.4 is 11.2 Å². The van der Waals surface area contributed by atoms with Crippen LogP contribution in [0.1, 0.15) is 26.3 Å². The van der Waals surface area contributed by atoms with Gasteiger partial charge in [0.2, 0.25) is 0 Å². The van der Waals surface area contributed by atoms with Gasteiger partial charge in [0, 0.05) is 12.1 Å². The van der Waals surface area contributed by atoms with E-state index in [1.807, 2.05) is 0 Å². The summed E-state index contributed by atoms with van der Waals surface area (Å²) in [5.74, 6) is 4.35. The molecule has 1 aromatic rings. The molecule has 0 saturated heterocycles. The lowest BCUT2D eigenvalue weighted by atomic mass is 10.0. The smallest absolute Gasteiger partial charge is 0.276 e. The molecule has 0 atom stereocenters. The van der Waals surface area contributed by atoms with Gasteiger partial charge in [0.05, 0.1) is 11.1 Å². The van der Waals surface area contributed by atoms with Gasteiger partial charge < -0.3 is 5.32 Å². The maximum Gasteiger partial charge on any atom is 0.276 e. The molecule has 0 bridgehead atoms. The third-order valence-corrected chi connectivity index (χ3v) is 2.96. The Morgan fingerprint density at radius 3 is 2.83 bits per heavy atom. The summed E-state index contributed by atoms with van der Waals surface area (Å²) in [5, 5.41) is 3.52. The van der Waals surface area contributed by atoms with Crippen molar-refractivity contribution in [2.45, 2.75) is 0 Å². The van der Waals surface area contributed by atoms with Crippen LogP contribution in [0.4, 0.5) is 0 Å². The van der Waals surface area contributed by atoms with Crippen molar-refractivity contribution in [2.75, 3.05) is 6.54 Å². The lowest BCUT2D eigenvalue weighted by Gasteiger charge is -2.09. The minimum atomic E-state index is -0.534. The van der Waals surface area contributed by atoms with Gasteiger partial charge in [0.15, 0.2) is 0 Å². The number of hydrogen-bond donors (Lipinski definition) is 2. The Morgan fingerprint density at radius 2 is 2.17 bits per heavy atom. The number of benzene rings is 1. The summed E-state index contributed by atoms with van der Waals surface area (Å²) in [6.45, 7) is 4.05. The zero-order valence-corrected chi connectivity index (χ0v) is 10.3. The number of fused-ring (bicyclic) bond motifs is 1. The van der Waals surface area contributed by atoms with Crippen LogP contribution in [0.15, 0.2) is 30.9 Å². The summed E-state index contributed by atoms with van der Waals surface area (Å²) in [7, 11) is 0. The monoisotopic (exact) mass is 261 g/mol. The molecule has 2 rings (SSSR count). The van der Waals surface area contributed by atoms with E-state index in [0.717, 1.165) is 0 Å². The maximum atomic E-state index is 11.9. The topological polar surface area (TPSA) is 75.4 Å². The number of nitrogens with one attached hydrogen (secondary N) is 1. The molecule has 6 heteroatoms. The molecule has 0 saturated carbocycles. The Hall–Kier alpha value is -2.05. The Labute approximate surface area is 109 Å². The maximum absolute atomic E-state index is 11.9. The standard InChI is InChI=1S/C12H11N3O2S/c1-2-6-14-10(18)7-4-3-5-8-9(7)12(17)15(13)11(8)16/h2-5H,1,6,13H2,(H,14,18). The van der Waals surface area contributed by atoms with Gasteiger partial charge in [-0.2, -0.15) is 0 Å². The molecule has 0 aromatic heterocycles. The minimum Gasteiger partial charge on any atom is -0.372 e. The number of imide groups is 1. The molecular weight excluding hydrogens is 250 g/mol. The second kappa shape index (κ2) is 4.67. The number of rotatable bonds is 3.